The van der Waals surface area contributed by atoms with Gasteiger partial charge in [0.1, 0.15) is 0 Å². The zero-order chi connectivity index (χ0) is 11.7. The van der Waals surface area contributed by atoms with Crippen LogP contribution >= 0.6 is 0 Å². The van der Waals surface area contributed by atoms with Gasteiger partial charge in [-0.25, -0.2) is 9.86 Å². The van der Waals surface area contributed by atoms with Crippen LogP contribution in [0.4, 0.5) is 5.69 Å². The normalized spacial score (nSPS) is 19.2. The van der Waals surface area contributed by atoms with E-state index in [4.69, 9.17) is 0 Å². The summed E-state index contributed by atoms with van der Waals surface area (Å²) in [5.41, 5.74) is 1.81. The molecule has 1 unspecified atom stereocenters. The number of ether oxygens (including phenoxy) is 1. The molecule has 0 fully saturated rings. The van der Waals surface area contributed by atoms with E-state index in [1.807, 2.05) is 0 Å². The molecule has 86 valence electrons. The number of rotatable bonds is 1. The molecule has 1 aromatic carbocycles. The predicted molar refractivity (Wildman–Crippen MR) is 56.4 cm³/mol. The molecule has 16 heavy (non-hydrogen) atoms. The number of aryl methyl sites for hydroxylation is 1. The van der Waals surface area contributed by atoms with Crippen LogP contribution in [0.25, 0.3) is 0 Å². The number of carbonyl (C=O) groups is 1. The van der Waals surface area contributed by atoms with Crippen LogP contribution in [0.3, 0.4) is 0 Å². The number of methoxy groups -OCH3 is 1. The molecule has 0 spiro atoms. The lowest BCUT2D eigenvalue weighted by Gasteiger charge is -2.30. The van der Waals surface area contributed by atoms with Gasteiger partial charge in [-0.15, -0.1) is 0 Å². The number of fused-ring (bicyclic) bond motifs is 1. The Morgan fingerprint density at radius 2 is 2.31 bits per heavy atom. The monoisotopic (exact) mass is 223 g/mol. The van der Waals surface area contributed by atoms with Crippen molar-refractivity contribution in [1.29, 1.82) is 0 Å². The zero-order valence-corrected chi connectivity index (χ0v) is 8.88. The zero-order valence-electron chi connectivity index (χ0n) is 8.88. The number of hydrogen-bond acceptors (Lipinski definition) is 5. The van der Waals surface area contributed by atoms with Crippen LogP contribution in [0.2, 0.25) is 0 Å². The lowest BCUT2D eigenvalue weighted by Crippen LogP contribution is -2.36. The van der Waals surface area contributed by atoms with Crippen LogP contribution in [0.5, 0.6) is 0 Å². The summed E-state index contributed by atoms with van der Waals surface area (Å²) in [5, 5.41) is 19.8. The highest BCUT2D eigenvalue weighted by Gasteiger charge is 2.23. The van der Waals surface area contributed by atoms with Gasteiger partial charge >= 0.3 is 5.97 Å². The van der Waals surface area contributed by atoms with E-state index in [0.29, 0.717) is 24.1 Å². The van der Waals surface area contributed by atoms with Crippen LogP contribution in [0, 0.1) is 0 Å². The van der Waals surface area contributed by atoms with E-state index in [1.165, 1.54) is 7.11 Å². The summed E-state index contributed by atoms with van der Waals surface area (Å²) in [7, 11) is 1.32. The molecule has 5 nitrogen and oxygen atoms in total. The number of benzene rings is 1. The second-order valence-electron chi connectivity index (χ2n) is 3.70. The molecule has 1 aliphatic heterocycles. The van der Waals surface area contributed by atoms with Crippen molar-refractivity contribution in [3.8, 4) is 0 Å². The maximum Gasteiger partial charge on any atom is 0.337 e. The molecule has 0 bridgehead atoms. The molecule has 5 heteroatoms. The fraction of sp³-hybridized carbons (Fsp3) is 0.364. The standard InChI is InChI=1S/C11H13NO4/c1-16-11(14)8-2-4-9-7(6-8)3-5-10(13)12(9)15/h2,4,6,10,13,15H,3,5H2,1H3. The van der Waals surface area contributed by atoms with Gasteiger partial charge < -0.3 is 9.84 Å². The Balaban J connectivity index is 2.37. The van der Waals surface area contributed by atoms with Gasteiger partial charge in [0.25, 0.3) is 0 Å². The summed E-state index contributed by atoms with van der Waals surface area (Å²) in [4.78, 5) is 11.3. The SMILES string of the molecule is COC(=O)c1ccc2c(c1)CCC(O)N2O. The van der Waals surface area contributed by atoms with Gasteiger partial charge in [-0.05, 0) is 36.6 Å². The first-order valence-corrected chi connectivity index (χ1v) is 5.01. The lowest BCUT2D eigenvalue weighted by atomic mass is 9.99. The number of anilines is 1. The van der Waals surface area contributed by atoms with Crippen LogP contribution in [-0.4, -0.2) is 29.6 Å². The Morgan fingerprint density at radius 1 is 1.56 bits per heavy atom. The summed E-state index contributed by atoms with van der Waals surface area (Å²) < 4.78 is 4.61. The molecule has 0 aromatic heterocycles. The number of esters is 1. The van der Waals surface area contributed by atoms with Crippen molar-refractivity contribution >= 4 is 11.7 Å². The topological polar surface area (TPSA) is 70.0 Å². The van der Waals surface area contributed by atoms with Gasteiger partial charge in [0.2, 0.25) is 0 Å². The van der Waals surface area contributed by atoms with E-state index in [0.717, 1.165) is 10.6 Å². The number of aliphatic hydroxyl groups excluding tert-OH is 1. The highest BCUT2D eigenvalue weighted by molar-refractivity contribution is 5.90. The number of carbonyl (C=O) groups excluding carboxylic acids is 1. The van der Waals surface area contributed by atoms with E-state index in [1.54, 1.807) is 18.2 Å². The van der Waals surface area contributed by atoms with Crippen molar-refractivity contribution < 1.29 is 19.8 Å². The van der Waals surface area contributed by atoms with Crippen molar-refractivity contribution in [2.75, 3.05) is 12.2 Å². The van der Waals surface area contributed by atoms with Crippen LogP contribution in [0.15, 0.2) is 18.2 Å². The molecular formula is C11H13NO4. The predicted octanol–water partition coefficient (Wildman–Crippen LogP) is 0.933. The first-order valence-electron chi connectivity index (χ1n) is 5.01. The first kappa shape index (κ1) is 10.9. The van der Waals surface area contributed by atoms with Crippen LogP contribution in [0.1, 0.15) is 22.3 Å². The van der Waals surface area contributed by atoms with Crippen molar-refractivity contribution in [3.63, 3.8) is 0 Å². The molecule has 1 aliphatic rings. The Morgan fingerprint density at radius 3 is 3.00 bits per heavy atom. The quantitative estimate of drug-likeness (QED) is 0.693. The van der Waals surface area contributed by atoms with Gasteiger partial charge in [-0.1, -0.05) is 0 Å². The summed E-state index contributed by atoms with van der Waals surface area (Å²) >= 11 is 0. The molecule has 1 atom stereocenters. The van der Waals surface area contributed by atoms with Gasteiger partial charge in [-0.3, -0.25) is 5.21 Å². The van der Waals surface area contributed by atoms with E-state index in [-0.39, 0.29) is 0 Å². The van der Waals surface area contributed by atoms with E-state index in [2.05, 4.69) is 4.74 Å². The fourth-order valence-electron chi connectivity index (χ4n) is 1.82. The van der Waals surface area contributed by atoms with Crippen molar-refractivity contribution in [3.05, 3.63) is 29.3 Å². The molecular weight excluding hydrogens is 210 g/mol. The van der Waals surface area contributed by atoms with E-state index in [9.17, 15) is 15.1 Å². The Kier molecular flexibility index (Phi) is 2.80. The number of hydrogen-bond donors (Lipinski definition) is 2. The van der Waals surface area contributed by atoms with Gasteiger partial charge in [0.05, 0.1) is 18.4 Å². The molecule has 0 aliphatic carbocycles. The van der Waals surface area contributed by atoms with E-state index >= 15 is 0 Å². The second-order valence-corrected chi connectivity index (χ2v) is 3.70. The minimum atomic E-state index is -0.878. The molecule has 0 saturated heterocycles. The Hall–Kier alpha value is -1.59. The van der Waals surface area contributed by atoms with Crippen molar-refractivity contribution in [2.45, 2.75) is 19.1 Å². The third-order valence-corrected chi connectivity index (χ3v) is 2.70. The van der Waals surface area contributed by atoms with Gasteiger partial charge in [-0.2, -0.15) is 0 Å². The number of nitrogens with zero attached hydrogens (tertiary/aromatic N) is 1. The molecule has 0 amide bonds. The van der Waals surface area contributed by atoms with Crippen LogP contribution in [-0.2, 0) is 11.2 Å². The molecule has 1 aromatic rings. The average molecular weight is 223 g/mol. The smallest absolute Gasteiger partial charge is 0.337 e. The summed E-state index contributed by atoms with van der Waals surface area (Å²) in [6, 6.07) is 4.84. The molecule has 1 heterocycles. The maximum absolute atomic E-state index is 11.3. The largest absolute Gasteiger partial charge is 0.465 e. The first-order chi connectivity index (χ1) is 7.63. The van der Waals surface area contributed by atoms with Crippen LogP contribution < -0.4 is 5.06 Å². The molecule has 2 rings (SSSR count). The maximum atomic E-state index is 11.3. The van der Waals surface area contributed by atoms with Crippen molar-refractivity contribution in [2.24, 2.45) is 0 Å². The summed E-state index contributed by atoms with van der Waals surface area (Å²) in [6.07, 6.45) is 0.184. The highest BCUT2D eigenvalue weighted by atomic mass is 16.5. The lowest BCUT2D eigenvalue weighted by molar-refractivity contribution is 0.0540. The van der Waals surface area contributed by atoms with Gasteiger partial charge in [0, 0.05) is 0 Å². The summed E-state index contributed by atoms with van der Waals surface area (Å²) in [6.45, 7) is 0. The third-order valence-electron chi connectivity index (χ3n) is 2.70. The average Bonchev–Trinajstić information content (AvgIpc) is 2.32. The molecule has 2 N–H and O–H groups in total. The molecule has 0 radical (unpaired) electrons. The third kappa shape index (κ3) is 1.75. The minimum absolute atomic E-state index is 0.404. The van der Waals surface area contributed by atoms with Gasteiger partial charge in [0.15, 0.2) is 6.23 Å². The number of aliphatic hydroxyl groups is 1. The highest BCUT2D eigenvalue weighted by Crippen LogP contribution is 2.29. The second kappa shape index (κ2) is 4.11. The minimum Gasteiger partial charge on any atom is -0.465 e. The fourth-order valence-corrected chi connectivity index (χ4v) is 1.82. The molecule has 0 saturated carbocycles. The Labute approximate surface area is 92.8 Å². The summed E-state index contributed by atoms with van der Waals surface area (Å²) in [5.74, 6) is -0.404. The van der Waals surface area contributed by atoms with E-state index < -0.39 is 12.2 Å². The Bertz CT molecular complexity index is 418. The van der Waals surface area contributed by atoms with Crippen molar-refractivity contribution in [1.82, 2.24) is 0 Å². The number of hydroxylamine groups is 1.